The van der Waals surface area contributed by atoms with Crippen LogP contribution in [0.2, 0.25) is 0 Å². The van der Waals surface area contributed by atoms with Crippen LogP contribution >= 0.6 is 0 Å². The standard InChI is InChI=1S/C18H19FN2O2/c1-12-8-14(18(10-23-3)21-20-11-22)4-6-16(12)17-7-5-15(19)9-13(17)2/h4-9,11H,10H2,1-3H3,(H,20,22)/b21-18+. The summed E-state index contributed by atoms with van der Waals surface area (Å²) >= 11 is 0. The molecule has 5 heteroatoms. The minimum atomic E-state index is -0.241. The molecule has 4 nitrogen and oxygen atoms in total. The van der Waals surface area contributed by atoms with Crippen LogP contribution in [-0.2, 0) is 9.53 Å². The number of hydrogen-bond donors (Lipinski definition) is 1. The lowest BCUT2D eigenvalue weighted by atomic mass is 9.94. The number of rotatable bonds is 6. The molecule has 0 aliphatic carbocycles. The lowest BCUT2D eigenvalue weighted by molar-refractivity contribution is -0.109. The number of benzene rings is 2. The van der Waals surface area contributed by atoms with Crippen molar-refractivity contribution in [1.29, 1.82) is 0 Å². The highest BCUT2D eigenvalue weighted by Crippen LogP contribution is 2.28. The van der Waals surface area contributed by atoms with Crippen LogP contribution in [0.25, 0.3) is 11.1 Å². The van der Waals surface area contributed by atoms with Gasteiger partial charge in [-0.05, 0) is 54.3 Å². The van der Waals surface area contributed by atoms with Crippen molar-refractivity contribution in [2.24, 2.45) is 5.10 Å². The van der Waals surface area contributed by atoms with E-state index in [9.17, 15) is 9.18 Å². The van der Waals surface area contributed by atoms with E-state index >= 15 is 0 Å². The third-order valence-electron chi connectivity index (χ3n) is 3.57. The average molecular weight is 314 g/mol. The Morgan fingerprint density at radius 1 is 1.17 bits per heavy atom. The number of halogens is 1. The van der Waals surface area contributed by atoms with Crippen LogP contribution < -0.4 is 5.43 Å². The van der Waals surface area contributed by atoms with E-state index in [0.29, 0.717) is 12.1 Å². The molecule has 2 aromatic carbocycles. The molecule has 23 heavy (non-hydrogen) atoms. The molecule has 120 valence electrons. The molecule has 0 unspecified atom stereocenters. The Labute approximate surface area is 135 Å². The van der Waals surface area contributed by atoms with Gasteiger partial charge in [0.25, 0.3) is 0 Å². The van der Waals surface area contributed by atoms with Crippen LogP contribution in [0, 0.1) is 19.7 Å². The molecule has 0 bridgehead atoms. The summed E-state index contributed by atoms with van der Waals surface area (Å²) in [5.74, 6) is -0.241. The van der Waals surface area contributed by atoms with Gasteiger partial charge in [0.15, 0.2) is 0 Å². The van der Waals surface area contributed by atoms with Gasteiger partial charge in [0.2, 0.25) is 6.41 Å². The molecule has 2 rings (SSSR count). The van der Waals surface area contributed by atoms with Crippen LogP contribution in [-0.4, -0.2) is 25.8 Å². The molecule has 0 radical (unpaired) electrons. The molecule has 0 saturated carbocycles. The molecule has 0 aliphatic heterocycles. The second-order valence-corrected chi connectivity index (χ2v) is 5.23. The number of aryl methyl sites for hydroxylation is 2. The topological polar surface area (TPSA) is 50.7 Å². The first-order chi connectivity index (χ1) is 11.1. The molecule has 0 saturated heterocycles. The molecule has 0 aromatic heterocycles. The highest BCUT2D eigenvalue weighted by atomic mass is 19.1. The Balaban J connectivity index is 2.42. The van der Waals surface area contributed by atoms with Crippen molar-refractivity contribution in [3.05, 3.63) is 58.9 Å². The number of methoxy groups -OCH3 is 1. The van der Waals surface area contributed by atoms with E-state index in [2.05, 4.69) is 10.5 Å². The predicted molar refractivity (Wildman–Crippen MR) is 88.9 cm³/mol. The molecule has 0 atom stereocenters. The summed E-state index contributed by atoms with van der Waals surface area (Å²) in [6.45, 7) is 4.16. The van der Waals surface area contributed by atoms with Crippen molar-refractivity contribution in [2.75, 3.05) is 13.7 Å². The summed E-state index contributed by atoms with van der Waals surface area (Å²) in [5.41, 5.74) is 7.74. The smallest absolute Gasteiger partial charge is 0.227 e. The van der Waals surface area contributed by atoms with Gasteiger partial charge in [0.05, 0.1) is 12.3 Å². The number of carbonyl (C=O) groups excluding carboxylic acids is 1. The van der Waals surface area contributed by atoms with E-state index in [4.69, 9.17) is 4.74 Å². The number of carbonyl (C=O) groups is 1. The van der Waals surface area contributed by atoms with E-state index in [-0.39, 0.29) is 12.4 Å². The maximum atomic E-state index is 13.3. The number of hydrazone groups is 1. The first-order valence-corrected chi connectivity index (χ1v) is 7.19. The molecule has 0 spiro atoms. The van der Waals surface area contributed by atoms with Gasteiger partial charge >= 0.3 is 0 Å². The number of ether oxygens (including phenoxy) is 1. The molecule has 1 N–H and O–H groups in total. The van der Waals surface area contributed by atoms with Crippen LogP contribution in [0.1, 0.15) is 16.7 Å². The van der Waals surface area contributed by atoms with Gasteiger partial charge in [0.1, 0.15) is 5.82 Å². The maximum absolute atomic E-state index is 13.3. The lowest BCUT2D eigenvalue weighted by Crippen LogP contribution is -2.15. The normalized spacial score (nSPS) is 11.4. The lowest BCUT2D eigenvalue weighted by Gasteiger charge is -2.12. The Morgan fingerprint density at radius 3 is 2.39 bits per heavy atom. The molecular weight excluding hydrogens is 295 g/mol. The van der Waals surface area contributed by atoms with Gasteiger partial charge in [-0.1, -0.05) is 18.2 Å². The van der Waals surface area contributed by atoms with E-state index in [0.717, 1.165) is 27.8 Å². The Morgan fingerprint density at radius 2 is 1.83 bits per heavy atom. The number of nitrogens with one attached hydrogen (secondary N) is 1. The third-order valence-corrected chi connectivity index (χ3v) is 3.57. The summed E-state index contributed by atoms with van der Waals surface area (Å²) in [4.78, 5) is 10.4. The van der Waals surface area contributed by atoms with Gasteiger partial charge in [-0.3, -0.25) is 4.79 Å². The first kappa shape index (κ1) is 16.8. The van der Waals surface area contributed by atoms with E-state index in [1.165, 1.54) is 12.1 Å². The number of hydrogen-bond acceptors (Lipinski definition) is 3. The highest BCUT2D eigenvalue weighted by Gasteiger charge is 2.10. The third kappa shape index (κ3) is 4.02. The Hall–Kier alpha value is -2.53. The SMILES string of the molecule is COC/C(=N\NC=O)c1ccc(-c2ccc(F)cc2C)c(C)c1. The number of nitrogens with zero attached hydrogens (tertiary/aromatic N) is 1. The summed E-state index contributed by atoms with van der Waals surface area (Å²) in [6.07, 6.45) is 0.513. The first-order valence-electron chi connectivity index (χ1n) is 7.19. The average Bonchev–Trinajstić information content (AvgIpc) is 2.52. The Kier molecular flexibility index (Phi) is 5.60. The minimum absolute atomic E-state index is 0.241. The highest BCUT2D eigenvalue weighted by molar-refractivity contribution is 6.02. The summed E-state index contributed by atoms with van der Waals surface area (Å²) in [7, 11) is 1.57. The zero-order valence-electron chi connectivity index (χ0n) is 13.4. The monoisotopic (exact) mass is 314 g/mol. The summed E-state index contributed by atoms with van der Waals surface area (Å²) in [6, 6.07) is 10.6. The van der Waals surface area contributed by atoms with E-state index < -0.39 is 0 Å². The molecule has 2 aromatic rings. The zero-order chi connectivity index (χ0) is 16.8. The fraction of sp³-hybridized carbons (Fsp3) is 0.222. The van der Waals surface area contributed by atoms with Gasteiger partial charge in [-0.15, -0.1) is 0 Å². The van der Waals surface area contributed by atoms with Gasteiger partial charge < -0.3 is 4.74 Å². The molecule has 0 aliphatic rings. The minimum Gasteiger partial charge on any atom is -0.378 e. The second kappa shape index (κ2) is 7.65. The van der Waals surface area contributed by atoms with Crippen molar-refractivity contribution in [3.8, 4) is 11.1 Å². The largest absolute Gasteiger partial charge is 0.378 e. The summed E-state index contributed by atoms with van der Waals surface area (Å²) in [5, 5.41) is 4.00. The fourth-order valence-corrected chi connectivity index (χ4v) is 2.50. The fourth-order valence-electron chi connectivity index (χ4n) is 2.50. The molecular formula is C18H19FN2O2. The molecule has 1 amide bonds. The molecule has 0 heterocycles. The summed E-state index contributed by atoms with van der Waals surface area (Å²) < 4.78 is 18.4. The Bertz CT molecular complexity index is 742. The van der Waals surface area contributed by atoms with Crippen LogP contribution in [0.4, 0.5) is 4.39 Å². The van der Waals surface area contributed by atoms with Crippen LogP contribution in [0.3, 0.4) is 0 Å². The van der Waals surface area contributed by atoms with Crippen LogP contribution in [0.5, 0.6) is 0 Å². The van der Waals surface area contributed by atoms with E-state index in [1.807, 2.05) is 32.0 Å². The van der Waals surface area contributed by atoms with Crippen molar-refractivity contribution in [3.63, 3.8) is 0 Å². The maximum Gasteiger partial charge on any atom is 0.227 e. The van der Waals surface area contributed by atoms with Crippen molar-refractivity contribution >= 4 is 12.1 Å². The van der Waals surface area contributed by atoms with Crippen molar-refractivity contribution < 1.29 is 13.9 Å². The quantitative estimate of drug-likeness (QED) is 0.506. The van der Waals surface area contributed by atoms with Gasteiger partial charge in [-0.25, -0.2) is 9.82 Å². The van der Waals surface area contributed by atoms with Crippen molar-refractivity contribution in [1.82, 2.24) is 5.43 Å². The van der Waals surface area contributed by atoms with Crippen LogP contribution in [0.15, 0.2) is 41.5 Å². The van der Waals surface area contributed by atoms with E-state index in [1.54, 1.807) is 13.2 Å². The molecule has 0 fully saturated rings. The number of amides is 1. The predicted octanol–water partition coefficient (Wildman–Crippen LogP) is 3.21. The van der Waals surface area contributed by atoms with Gasteiger partial charge in [-0.2, -0.15) is 5.10 Å². The zero-order valence-corrected chi connectivity index (χ0v) is 13.4. The second-order valence-electron chi connectivity index (χ2n) is 5.23. The van der Waals surface area contributed by atoms with Crippen molar-refractivity contribution in [2.45, 2.75) is 13.8 Å². The van der Waals surface area contributed by atoms with Gasteiger partial charge in [0, 0.05) is 12.7 Å².